The summed E-state index contributed by atoms with van der Waals surface area (Å²) < 4.78 is 5.75. The molecule has 0 saturated carbocycles. The Bertz CT molecular complexity index is 297. The van der Waals surface area contributed by atoms with Gasteiger partial charge in [-0.3, -0.25) is 4.98 Å². The van der Waals surface area contributed by atoms with Crippen LogP contribution in [-0.4, -0.2) is 23.7 Å². The monoisotopic (exact) mass is 192 g/mol. The van der Waals surface area contributed by atoms with E-state index in [1.54, 1.807) is 0 Å². The standard InChI is InChI=1S/C11H16N2O/c1-11(2)10(14-8-7-13-11)9-5-3-4-6-12-9/h3-6,10,13H,7-8H2,1-2H3. The van der Waals surface area contributed by atoms with Crippen molar-refractivity contribution in [1.29, 1.82) is 0 Å². The molecule has 0 radical (unpaired) electrons. The van der Waals surface area contributed by atoms with E-state index in [0.29, 0.717) is 0 Å². The van der Waals surface area contributed by atoms with Crippen LogP contribution in [0.4, 0.5) is 0 Å². The second-order valence-electron chi connectivity index (χ2n) is 4.15. The molecule has 1 saturated heterocycles. The second kappa shape index (κ2) is 3.67. The van der Waals surface area contributed by atoms with Gasteiger partial charge in [0.1, 0.15) is 6.10 Å². The molecule has 0 amide bonds. The van der Waals surface area contributed by atoms with E-state index in [-0.39, 0.29) is 11.6 Å². The lowest BCUT2D eigenvalue weighted by molar-refractivity contribution is -0.0412. The number of hydrogen-bond donors (Lipinski definition) is 1. The van der Waals surface area contributed by atoms with Gasteiger partial charge in [-0.05, 0) is 26.0 Å². The Balaban J connectivity index is 2.24. The fraction of sp³-hybridized carbons (Fsp3) is 0.545. The Morgan fingerprint density at radius 3 is 3.00 bits per heavy atom. The number of morpholine rings is 1. The summed E-state index contributed by atoms with van der Waals surface area (Å²) in [7, 11) is 0. The first kappa shape index (κ1) is 9.62. The lowest BCUT2D eigenvalue weighted by Crippen LogP contribution is -2.51. The predicted molar refractivity (Wildman–Crippen MR) is 55.0 cm³/mol. The van der Waals surface area contributed by atoms with Gasteiger partial charge in [0.15, 0.2) is 0 Å². The number of rotatable bonds is 1. The van der Waals surface area contributed by atoms with E-state index < -0.39 is 0 Å². The molecule has 3 heteroatoms. The van der Waals surface area contributed by atoms with Crippen LogP contribution in [0.3, 0.4) is 0 Å². The molecule has 76 valence electrons. The summed E-state index contributed by atoms with van der Waals surface area (Å²) in [6.07, 6.45) is 1.86. The number of aromatic nitrogens is 1. The first-order chi connectivity index (χ1) is 6.70. The van der Waals surface area contributed by atoms with Crippen LogP contribution in [0.15, 0.2) is 24.4 Å². The normalized spacial score (nSPS) is 26.0. The molecule has 0 aromatic carbocycles. The highest BCUT2D eigenvalue weighted by Crippen LogP contribution is 2.29. The van der Waals surface area contributed by atoms with Gasteiger partial charge in [0, 0.05) is 18.3 Å². The zero-order chi connectivity index (χ0) is 10.0. The molecule has 1 N–H and O–H groups in total. The lowest BCUT2D eigenvalue weighted by atomic mass is 9.93. The molecular weight excluding hydrogens is 176 g/mol. The molecule has 1 aliphatic rings. The van der Waals surface area contributed by atoms with Crippen LogP contribution < -0.4 is 5.32 Å². The molecule has 0 spiro atoms. The van der Waals surface area contributed by atoms with E-state index in [4.69, 9.17) is 4.74 Å². The fourth-order valence-electron chi connectivity index (χ4n) is 1.84. The highest BCUT2D eigenvalue weighted by molar-refractivity contribution is 5.12. The summed E-state index contributed by atoms with van der Waals surface area (Å²) in [6, 6.07) is 5.93. The van der Waals surface area contributed by atoms with Crippen molar-refractivity contribution in [3.05, 3.63) is 30.1 Å². The first-order valence-corrected chi connectivity index (χ1v) is 4.98. The summed E-state index contributed by atoms with van der Waals surface area (Å²) in [5, 5.41) is 3.44. The van der Waals surface area contributed by atoms with Gasteiger partial charge in [0.2, 0.25) is 0 Å². The van der Waals surface area contributed by atoms with Gasteiger partial charge in [-0.15, -0.1) is 0 Å². The maximum atomic E-state index is 5.75. The number of nitrogens with zero attached hydrogens (tertiary/aromatic N) is 1. The first-order valence-electron chi connectivity index (χ1n) is 4.98. The molecular formula is C11H16N2O. The third-order valence-electron chi connectivity index (χ3n) is 2.58. The van der Waals surface area contributed by atoms with Crippen LogP contribution in [0.1, 0.15) is 25.6 Å². The minimum Gasteiger partial charge on any atom is -0.369 e. The number of nitrogens with one attached hydrogen (secondary N) is 1. The molecule has 0 aliphatic carbocycles. The molecule has 3 nitrogen and oxygen atoms in total. The summed E-state index contributed by atoms with van der Waals surface area (Å²) in [5.41, 5.74) is 0.969. The van der Waals surface area contributed by atoms with Crippen LogP contribution in [0, 0.1) is 0 Å². The van der Waals surface area contributed by atoms with E-state index in [9.17, 15) is 0 Å². The Hall–Kier alpha value is -0.930. The molecule has 1 unspecified atom stereocenters. The molecule has 2 heterocycles. The minimum atomic E-state index is -0.0351. The Kier molecular flexibility index (Phi) is 2.52. The Morgan fingerprint density at radius 1 is 1.50 bits per heavy atom. The van der Waals surface area contributed by atoms with Crippen molar-refractivity contribution in [3.8, 4) is 0 Å². The molecule has 1 aliphatic heterocycles. The SMILES string of the molecule is CC1(C)NCCOC1c1ccccn1. The molecule has 14 heavy (non-hydrogen) atoms. The minimum absolute atomic E-state index is 0.0351. The summed E-state index contributed by atoms with van der Waals surface area (Å²) in [6.45, 7) is 5.96. The quantitative estimate of drug-likeness (QED) is 0.732. The van der Waals surface area contributed by atoms with Crippen LogP contribution in [-0.2, 0) is 4.74 Å². The van der Waals surface area contributed by atoms with Crippen LogP contribution in [0.5, 0.6) is 0 Å². The maximum Gasteiger partial charge on any atom is 0.117 e. The van der Waals surface area contributed by atoms with Crippen molar-refractivity contribution in [1.82, 2.24) is 10.3 Å². The fourth-order valence-corrected chi connectivity index (χ4v) is 1.84. The van der Waals surface area contributed by atoms with Crippen LogP contribution in [0.2, 0.25) is 0 Å². The molecule has 0 bridgehead atoms. The topological polar surface area (TPSA) is 34.1 Å². The summed E-state index contributed by atoms with van der Waals surface area (Å²) >= 11 is 0. The second-order valence-corrected chi connectivity index (χ2v) is 4.15. The third-order valence-corrected chi connectivity index (χ3v) is 2.58. The molecule has 2 rings (SSSR count). The van der Waals surface area contributed by atoms with Crippen LogP contribution in [0.25, 0.3) is 0 Å². The van der Waals surface area contributed by atoms with Crippen molar-refractivity contribution in [2.75, 3.05) is 13.2 Å². The highest BCUT2D eigenvalue weighted by Gasteiger charge is 2.34. The molecule has 1 fully saturated rings. The molecule has 1 aromatic rings. The van der Waals surface area contributed by atoms with Crippen molar-refractivity contribution in [3.63, 3.8) is 0 Å². The predicted octanol–water partition coefficient (Wildman–Crippen LogP) is 1.52. The zero-order valence-electron chi connectivity index (χ0n) is 8.66. The van der Waals surface area contributed by atoms with Crippen molar-refractivity contribution in [2.24, 2.45) is 0 Å². The third kappa shape index (κ3) is 1.79. The van der Waals surface area contributed by atoms with E-state index >= 15 is 0 Å². The van der Waals surface area contributed by atoms with Crippen molar-refractivity contribution >= 4 is 0 Å². The number of pyridine rings is 1. The van der Waals surface area contributed by atoms with E-state index in [1.807, 2.05) is 24.4 Å². The number of ether oxygens (including phenoxy) is 1. The Morgan fingerprint density at radius 2 is 2.36 bits per heavy atom. The molecule has 1 aromatic heterocycles. The zero-order valence-corrected chi connectivity index (χ0v) is 8.66. The lowest BCUT2D eigenvalue weighted by Gasteiger charge is -2.39. The van der Waals surface area contributed by atoms with E-state index in [2.05, 4.69) is 24.1 Å². The van der Waals surface area contributed by atoms with Crippen molar-refractivity contribution in [2.45, 2.75) is 25.5 Å². The van der Waals surface area contributed by atoms with Gasteiger partial charge in [-0.25, -0.2) is 0 Å². The smallest absolute Gasteiger partial charge is 0.117 e. The average Bonchev–Trinajstić information content (AvgIpc) is 2.18. The van der Waals surface area contributed by atoms with Gasteiger partial charge < -0.3 is 10.1 Å². The largest absolute Gasteiger partial charge is 0.369 e. The van der Waals surface area contributed by atoms with Gasteiger partial charge >= 0.3 is 0 Å². The molecule has 1 atom stereocenters. The van der Waals surface area contributed by atoms with Gasteiger partial charge in [0.05, 0.1) is 12.3 Å². The van der Waals surface area contributed by atoms with Crippen LogP contribution >= 0.6 is 0 Å². The number of hydrogen-bond acceptors (Lipinski definition) is 3. The van der Waals surface area contributed by atoms with Gasteiger partial charge in [-0.2, -0.15) is 0 Å². The van der Waals surface area contributed by atoms with Crippen molar-refractivity contribution < 1.29 is 4.74 Å². The van der Waals surface area contributed by atoms with Gasteiger partial charge in [0.25, 0.3) is 0 Å². The maximum absolute atomic E-state index is 5.75. The van der Waals surface area contributed by atoms with E-state index in [0.717, 1.165) is 18.8 Å². The average molecular weight is 192 g/mol. The van der Waals surface area contributed by atoms with Gasteiger partial charge in [-0.1, -0.05) is 6.07 Å². The highest BCUT2D eigenvalue weighted by atomic mass is 16.5. The van der Waals surface area contributed by atoms with E-state index in [1.165, 1.54) is 0 Å². The summed E-state index contributed by atoms with van der Waals surface area (Å²) in [5.74, 6) is 0. The Labute approximate surface area is 84.5 Å². The summed E-state index contributed by atoms with van der Waals surface area (Å²) in [4.78, 5) is 4.33.